The summed E-state index contributed by atoms with van der Waals surface area (Å²) in [5, 5.41) is 0. The van der Waals surface area contributed by atoms with Gasteiger partial charge in [0.25, 0.3) is 0 Å². The highest BCUT2D eigenvalue weighted by atomic mass is 32.2. The standard InChI is InChI=1S/C20H17NO4S/c1-3-18(22)21(14-10-8-13(9-11-14)20(24)25-2)12-17-19(23)15-6-4-5-7-16(15)26-17/h4-12H,3H2,1-2H3. The van der Waals surface area contributed by atoms with Crippen LogP contribution in [0.5, 0.6) is 0 Å². The van der Waals surface area contributed by atoms with Crippen LogP contribution >= 0.6 is 11.8 Å². The fraction of sp³-hybridized carbons (Fsp3) is 0.150. The van der Waals surface area contributed by atoms with Crippen molar-refractivity contribution in [1.29, 1.82) is 0 Å². The quantitative estimate of drug-likeness (QED) is 0.603. The summed E-state index contributed by atoms with van der Waals surface area (Å²) in [6, 6.07) is 13.9. The molecule has 0 N–H and O–H groups in total. The van der Waals surface area contributed by atoms with Crippen molar-refractivity contribution in [1.82, 2.24) is 0 Å². The van der Waals surface area contributed by atoms with Crippen molar-refractivity contribution in [3.8, 4) is 0 Å². The van der Waals surface area contributed by atoms with Crippen LogP contribution in [0.3, 0.4) is 0 Å². The van der Waals surface area contributed by atoms with E-state index in [9.17, 15) is 14.4 Å². The normalized spacial score (nSPS) is 14.2. The number of Topliss-reactive ketones (excluding diaryl/α,β-unsaturated/α-hetero) is 1. The molecule has 2 aromatic rings. The van der Waals surface area contributed by atoms with Crippen molar-refractivity contribution < 1.29 is 19.1 Å². The zero-order valence-corrected chi connectivity index (χ0v) is 15.2. The summed E-state index contributed by atoms with van der Waals surface area (Å²) in [7, 11) is 1.31. The molecule has 2 aromatic carbocycles. The highest BCUT2D eigenvalue weighted by molar-refractivity contribution is 8.04. The second-order valence-electron chi connectivity index (χ2n) is 5.58. The van der Waals surface area contributed by atoms with Crippen molar-refractivity contribution in [3.63, 3.8) is 0 Å². The smallest absolute Gasteiger partial charge is 0.337 e. The molecule has 0 spiro atoms. The number of allylic oxidation sites excluding steroid dienone is 1. The largest absolute Gasteiger partial charge is 0.465 e. The molecule has 26 heavy (non-hydrogen) atoms. The van der Waals surface area contributed by atoms with Gasteiger partial charge in [0.15, 0.2) is 0 Å². The highest BCUT2D eigenvalue weighted by Gasteiger charge is 2.27. The van der Waals surface area contributed by atoms with E-state index in [4.69, 9.17) is 0 Å². The lowest BCUT2D eigenvalue weighted by atomic mass is 10.1. The lowest BCUT2D eigenvalue weighted by molar-refractivity contribution is -0.117. The minimum Gasteiger partial charge on any atom is -0.465 e. The summed E-state index contributed by atoms with van der Waals surface area (Å²) in [6.07, 6.45) is 1.86. The Morgan fingerprint density at radius 1 is 1.12 bits per heavy atom. The minimum absolute atomic E-state index is 0.0920. The second kappa shape index (κ2) is 7.58. The first kappa shape index (κ1) is 17.9. The number of fused-ring (bicyclic) bond motifs is 1. The van der Waals surface area contributed by atoms with Crippen LogP contribution in [-0.4, -0.2) is 24.8 Å². The number of hydrogen-bond acceptors (Lipinski definition) is 5. The number of ether oxygens (including phenoxy) is 1. The summed E-state index contributed by atoms with van der Waals surface area (Å²) in [4.78, 5) is 39.4. The van der Waals surface area contributed by atoms with Gasteiger partial charge in [-0.3, -0.25) is 14.5 Å². The number of carbonyl (C=O) groups excluding carboxylic acids is 3. The molecule has 3 rings (SSSR count). The molecule has 0 aromatic heterocycles. The maximum atomic E-state index is 12.6. The van der Waals surface area contributed by atoms with Gasteiger partial charge in [-0.1, -0.05) is 30.8 Å². The van der Waals surface area contributed by atoms with Crippen LogP contribution in [0.4, 0.5) is 5.69 Å². The average molecular weight is 367 g/mol. The zero-order valence-electron chi connectivity index (χ0n) is 14.4. The fourth-order valence-corrected chi connectivity index (χ4v) is 3.59. The summed E-state index contributed by atoms with van der Waals surface area (Å²) in [5.41, 5.74) is 1.63. The predicted molar refractivity (Wildman–Crippen MR) is 100 cm³/mol. The molecule has 0 unspecified atom stereocenters. The van der Waals surface area contributed by atoms with Gasteiger partial charge >= 0.3 is 5.97 Å². The maximum absolute atomic E-state index is 12.6. The first-order valence-corrected chi connectivity index (χ1v) is 8.90. The molecule has 0 atom stereocenters. The van der Waals surface area contributed by atoms with Crippen molar-refractivity contribution in [3.05, 3.63) is 70.8 Å². The van der Waals surface area contributed by atoms with Crippen molar-refractivity contribution in [2.45, 2.75) is 18.2 Å². The van der Waals surface area contributed by atoms with E-state index in [0.29, 0.717) is 21.7 Å². The Morgan fingerprint density at radius 2 is 1.81 bits per heavy atom. The monoisotopic (exact) mass is 367 g/mol. The Morgan fingerprint density at radius 3 is 2.42 bits per heavy atom. The number of rotatable bonds is 4. The molecule has 1 aliphatic rings. The number of esters is 1. The van der Waals surface area contributed by atoms with E-state index in [2.05, 4.69) is 4.74 Å². The first-order valence-electron chi connectivity index (χ1n) is 8.09. The molecule has 1 aliphatic heterocycles. The van der Waals surface area contributed by atoms with Gasteiger partial charge < -0.3 is 4.74 Å². The number of methoxy groups -OCH3 is 1. The summed E-state index contributed by atoms with van der Waals surface area (Å²) < 4.78 is 4.68. The summed E-state index contributed by atoms with van der Waals surface area (Å²) in [6.45, 7) is 1.76. The van der Waals surface area contributed by atoms with E-state index in [0.717, 1.165) is 4.90 Å². The molecule has 0 aliphatic carbocycles. The van der Waals surface area contributed by atoms with Gasteiger partial charge in [0.05, 0.1) is 17.6 Å². The van der Waals surface area contributed by atoms with Crippen LogP contribution in [0.1, 0.15) is 34.1 Å². The molecular weight excluding hydrogens is 350 g/mol. The van der Waals surface area contributed by atoms with E-state index in [1.165, 1.54) is 23.8 Å². The molecule has 1 heterocycles. The van der Waals surface area contributed by atoms with Crippen LogP contribution in [0.25, 0.3) is 0 Å². The van der Waals surface area contributed by atoms with Gasteiger partial charge in [-0.2, -0.15) is 0 Å². The lowest BCUT2D eigenvalue weighted by Crippen LogP contribution is -2.25. The third-order valence-electron chi connectivity index (χ3n) is 3.96. The molecule has 0 fully saturated rings. The molecule has 0 radical (unpaired) electrons. The maximum Gasteiger partial charge on any atom is 0.337 e. The average Bonchev–Trinajstić information content (AvgIpc) is 3.01. The van der Waals surface area contributed by atoms with Crippen LogP contribution in [-0.2, 0) is 9.53 Å². The molecule has 0 saturated carbocycles. The van der Waals surface area contributed by atoms with Gasteiger partial charge in [-0.05, 0) is 36.4 Å². The van der Waals surface area contributed by atoms with E-state index >= 15 is 0 Å². The lowest BCUT2D eigenvalue weighted by Gasteiger charge is -2.19. The minimum atomic E-state index is -0.444. The van der Waals surface area contributed by atoms with E-state index in [-0.39, 0.29) is 18.1 Å². The zero-order chi connectivity index (χ0) is 18.7. The van der Waals surface area contributed by atoms with Gasteiger partial charge in [-0.25, -0.2) is 4.79 Å². The van der Waals surface area contributed by atoms with E-state index in [1.807, 2.05) is 18.2 Å². The fourth-order valence-electron chi connectivity index (χ4n) is 2.58. The number of nitrogens with zero attached hydrogens (tertiary/aromatic N) is 1. The summed E-state index contributed by atoms with van der Waals surface area (Å²) >= 11 is 1.35. The number of anilines is 1. The number of ketones is 1. The Kier molecular flexibility index (Phi) is 5.23. The molecule has 132 valence electrons. The topological polar surface area (TPSA) is 63.7 Å². The van der Waals surface area contributed by atoms with E-state index < -0.39 is 5.97 Å². The SMILES string of the molecule is CCC(=O)N(C=C1Sc2ccccc2C1=O)c1ccc(C(=O)OC)cc1. The van der Waals surface area contributed by atoms with Crippen molar-refractivity contribution in [2.24, 2.45) is 0 Å². The summed E-state index contributed by atoms with van der Waals surface area (Å²) in [5.74, 6) is -0.682. The molecule has 0 saturated heterocycles. The second-order valence-corrected chi connectivity index (χ2v) is 6.66. The van der Waals surface area contributed by atoms with Gasteiger partial charge in [-0.15, -0.1) is 0 Å². The van der Waals surface area contributed by atoms with Gasteiger partial charge in [0, 0.05) is 28.8 Å². The first-order chi connectivity index (χ1) is 12.5. The van der Waals surface area contributed by atoms with Crippen LogP contribution in [0, 0.1) is 0 Å². The number of hydrogen-bond donors (Lipinski definition) is 0. The van der Waals surface area contributed by atoms with Crippen molar-refractivity contribution in [2.75, 3.05) is 12.0 Å². The molecule has 5 nitrogen and oxygen atoms in total. The third kappa shape index (κ3) is 3.41. The number of amides is 1. The number of carbonyl (C=O) groups is 3. The number of benzene rings is 2. The van der Waals surface area contributed by atoms with Crippen molar-refractivity contribution >= 4 is 35.1 Å². The van der Waals surface area contributed by atoms with Gasteiger partial charge in [0.2, 0.25) is 11.7 Å². The van der Waals surface area contributed by atoms with Crippen LogP contribution in [0.15, 0.2) is 64.5 Å². The number of thioether (sulfide) groups is 1. The Hall–Kier alpha value is -2.86. The molecule has 0 bridgehead atoms. The predicted octanol–water partition coefficient (Wildman–Crippen LogP) is 4.05. The molecule has 1 amide bonds. The Balaban J connectivity index is 1.94. The highest BCUT2D eigenvalue weighted by Crippen LogP contribution is 2.40. The van der Waals surface area contributed by atoms with Gasteiger partial charge in [0.1, 0.15) is 0 Å². The van der Waals surface area contributed by atoms with Crippen LogP contribution < -0.4 is 4.90 Å². The molecular formula is C20H17NO4S. The van der Waals surface area contributed by atoms with Crippen LogP contribution in [0.2, 0.25) is 0 Å². The van der Waals surface area contributed by atoms with E-state index in [1.54, 1.807) is 43.5 Å². The Labute approximate surface area is 155 Å². The Bertz CT molecular complexity index is 902. The third-order valence-corrected chi connectivity index (χ3v) is 5.05. The molecule has 6 heteroatoms.